The van der Waals surface area contributed by atoms with Crippen LogP contribution in [0.2, 0.25) is 0 Å². The van der Waals surface area contributed by atoms with Gasteiger partial charge in [-0.3, -0.25) is 14.5 Å². The smallest absolute Gasteiger partial charge is 0.258 e. The van der Waals surface area contributed by atoms with Crippen molar-refractivity contribution in [3.8, 4) is 0 Å². The second kappa shape index (κ2) is 3.95. The van der Waals surface area contributed by atoms with E-state index in [0.717, 1.165) is 5.82 Å². The van der Waals surface area contributed by atoms with Gasteiger partial charge < -0.3 is 4.98 Å². The summed E-state index contributed by atoms with van der Waals surface area (Å²) in [6.07, 6.45) is 4.98. The van der Waals surface area contributed by atoms with Gasteiger partial charge in [-0.15, -0.1) is 10.2 Å². The molecular formula is C11H10N6O. The van der Waals surface area contributed by atoms with Gasteiger partial charge in [-0.1, -0.05) is 0 Å². The van der Waals surface area contributed by atoms with Gasteiger partial charge in [0.1, 0.15) is 5.82 Å². The van der Waals surface area contributed by atoms with E-state index in [1.54, 1.807) is 30.7 Å². The standard InChI is InChI=1S/C11H10N6O/c1-7-15-16-9-6-8(2-5-17(7)9)10(18)14-11-12-3-4-13-11/h2-6H,1H3,(H2,12,13,14,18). The Morgan fingerprint density at radius 2 is 2.33 bits per heavy atom. The number of aromatic nitrogens is 5. The van der Waals surface area contributed by atoms with Crippen LogP contribution in [0.5, 0.6) is 0 Å². The summed E-state index contributed by atoms with van der Waals surface area (Å²) >= 11 is 0. The van der Waals surface area contributed by atoms with E-state index in [2.05, 4.69) is 25.5 Å². The molecule has 2 N–H and O–H groups in total. The molecule has 90 valence electrons. The molecule has 0 spiro atoms. The van der Waals surface area contributed by atoms with Gasteiger partial charge in [-0.2, -0.15) is 0 Å². The molecule has 0 aliphatic rings. The molecule has 0 saturated carbocycles. The quantitative estimate of drug-likeness (QED) is 0.702. The van der Waals surface area contributed by atoms with Crippen molar-refractivity contribution in [2.75, 3.05) is 5.32 Å². The van der Waals surface area contributed by atoms with Crippen LogP contribution in [0.15, 0.2) is 30.7 Å². The van der Waals surface area contributed by atoms with E-state index in [1.807, 2.05) is 11.3 Å². The van der Waals surface area contributed by atoms with Crippen molar-refractivity contribution in [2.45, 2.75) is 6.92 Å². The molecule has 0 bridgehead atoms. The molecule has 7 nitrogen and oxygen atoms in total. The third-order valence-corrected chi connectivity index (χ3v) is 2.57. The van der Waals surface area contributed by atoms with Crippen LogP contribution in [-0.4, -0.2) is 30.5 Å². The SMILES string of the molecule is Cc1nnc2cc(C(=O)Nc3ncc[nH]3)ccn12. The second-order valence-electron chi connectivity index (χ2n) is 3.78. The summed E-state index contributed by atoms with van der Waals surface area (Å²) in [5.74, 6) is 0.952. The molecule has 0 aliphatic heterocycles. The van der Waals surface area contributed by atoms with Crippen molar-refractivity contribution >= 4 is 17.5 Å². The fourth-order valence-electron chi connectivity index (χ4n) is 1.66. The summed E-state index contributed by atoms with van der Waals surface area (Å²) in [6.45, 7) is 1.85. The average Bonchev–Trinajstić information content (AvgIpc) is 2.99. The summed E-state index contributed by atoms with van der Waals surface area (Å²) < 4.78 is 1.81. The van der Waals surface area contributed by atoms with Gasteiger partial charge in [0.25, 0.3) is 5.91 Å². The molecule has 3 heterocycles. The Kier molecular flexibility index (Phi) is 2.30. The third kappa shape index (κ3) is 1.71. The topological polar surface area (TPSA) is 88.0 Å². The number of aryl methyl sites for hydroxylation is 1. The van der Waals surface area contributed by atoms with Gasteiger partial charge in [0, 0.05) is 24.2 Å². The van der Waals surface area contributed by atoms with Crippen LogP contribution >= 0.6 is 0 Å². The zero-order chi connectivity index (χ0) is 12.5. The van der Waals surface area contributed by atoms with Gasteiger partial charge in [0.05, 0.1) is 0 Å². The molecule has 3 aromatic heterocycles. The lowest BCUT2D eigenvalue weighted by atomic mass is 10.2. The number of hydrogen-bond donors (Lipinski definition) is 2. The highest BCUT2D eigenvalue weighted by molar-refractivity contribution is 6.03. The Bertz CT molecular complexity index is 699. The Balaban J connectivity index is 1.92. The van der Waals surface area contributed by atoms with E-state index in [0.29, 0.717) is 17.2 Å². The minimum absolute atomic E-state index is 0.242. The molecule has 3 aromatic rings. The van der Waals surface area contributed by atoms with E-state index in [-0.39, 0.29) is 5.91 Å². The monoisotopic (exact) mass is 242 g/mol. The number of fused-ring (bicyclic) bond motifs is 1. The van der Waals surface area contributed by atoms with Gasteiger partial charge in [0.2, 0.25) is 5.95 Å². The lowest BCUT2D eigenvalue weighted by molar-refractivity contribution is 0.102. The Labute approximate surface area is 102 Å². The largest absolute Gasteiger partial charge is 0.331 e. The number of imidazole rings is 1. The van der Waals surface area contributed by atoms with Crippen molar-refractivity contribution < 1.29 is 4.79 Å². The first-order valence-corrected chi connectivity index (χ1v) is 5.36. The van der Waals surface area contributed by atoms with E-state index >= 15 is 0 Å². The molecule has 0 aliphatic carbocycles. The number of amides is 1. The number of hydrogen-bond acceptors (Lipinski definition) is 4. The van der Waals surface area contributed by atoms with Crippen LogP contribution in [0, 0.1) is 6.92 Å². The zero-order valence-corrected chi connectivity index (χ0v) is 9.58. The second-order valence-corrected chi connectivity index (χ2v) is 3.78. The van der Waals surface area contributed by atoms with Crippen molar-refractivity contribution in [1.82, 2.24) is 24.6 Å². The fourth-order valence-corrected chi connectivity index (χ4v) is 1.66. The molecule has 0 radical (unpaired) electrons. The van der Waals surface area contributed by atoms with E-state index in [4.69, 9.17) is 0 Å². The van der Waals surface area contributed by atoms with Crippen LogP contribution in [0.25, 0.3) is 5.65 Å². The fraction of sp³-hybridized carbons (Fsp3) is 0.0909. The van der Waals surface area contributed by atoms with Crippen LogP contribution in [0.1, 0.15) is 16.2 Å². The summed E-state index contributed by atoms with van der Waals surface area (Å²) in [5, 5.41) is 10.5. The lowest BCUT2D eigenvalue weighted by Gasteiger charge is -2.02. The maximum atomic E-state index is 11.9. The number of carbonyl (C=O) groups is 1. The van der Waals surface area contributed by atoms with E-state index in [1.165, 1.54) is 0 Å². The van der Waals surface area contributed by atoms with Crippen molar-refractivity contribution in [2.24, 2.45) is 0 Å². The molecule has 3 rings (SSSR count). The minimum Gasteiger partial charge on any atom is -0.331 e. The first-order valence-electron chi connectivity index (χ1n) is 5.36. The maximum Gasteiger partial charge on any atom is 0.258 e. The highest BCUT2D eigenvalue weighted by Crippen LogP contribution is 2.08. The lowest BCUT2D eigenvalue weighted by Crippen LogP contribution is -2.13. The number of aromatic amines is 1. The molecule has 0 saturated heterocycles. The summed E-state index contributed by atoms with van der Waals surface area (Å²) in [7, 11) is 0. The molecule has 7 heteroatoms. The average molecular weight is 242 g/mol. The number of pyridine rings is 1. The molecule has 0 fully saturated rings. The molecule has 0 unspecified atom stereocenters. The number of H-pyrrole nitrogens is 1. The molecular weight excluding hydrogens is 232 g/mol. The van der Waals surface area contributed by atoms with Gasteiger partial charge in [0.15, 0.2) is 5.65 Å². The molecule has 0 aromatic carbocycles. The first-order chi connectivity index (χ1) is 8.74. The highest BCUT2D eigenvalue weighted by atomic mass is 16.1. The Morgan fingerprint density at radius 1 is 1.44 bits per heavy atom. The number of nitrogens with zero attached hydrogens (tertiary/aromatic N) is 4. The maximum absolute atomic E-state index is 11.9. The van der Waals surface area contributed by atoms with Crippen LogP contribution in [-0.2, 0) is 0 Å². The van der Waals surface area contributed by atoms with Crippen LogP contribution in [0.3, 0.4) is 0 Å². The Hall–Kier alpha value is -2.70. The third-order valence-electron chi connectivity index (χ3n) is 2.57. The van der Waals surface area contributed by atoms with Crippen LogP contribution in [0.4, 0.5) is 5.95 Å². The Morgan fingerprint density at radius 3 is 3.11 bits per heavy atom. The van der Waals surface area contributed by atoms with Gasteiger partial charge >= 0.3 is 0 Å². The number of nitrogens with one attached hydrogen (secondary N) is 2. The van der Waals surface area contributed by atoms with Crippen molar-refractivity contribution in [3.05, 3.63) is 42.1 Å². The summed E-state index contributed by atoms with van der Waals surface area (Å²) in [6, 6.07) is 3.39. The van der Waals surface area contributed by atoms with E-state index in [9.17, 15) is 4.79 Å². The van der Waals surface area contributed by atoms with Gasteiger partial charge in [-0.05, 0) is 19.1 Å². The summed E-state index contributed by atoms with van der Waals surface area (Å²) in [5.41, 5.74) is 1.14. The highest BCUT2D eigenvalue weighted by Gasteiger charge is 2.09. The predicted molar refractivity (Wildman–Crippen MR) is 64.3 cm³/mol. The zero-order valence-electron chi connectivity index (χ0n) is 9.58. The molecule has 1 amide bonds. The number of rotatable bonds is 2. The van der Waals surface area contributed by atoms with E-state index < -0.39 is 0 Å². The number of carbonyl (C=O) groups excluding carboxylic acids is 1. The van der Waals surface area contributed by atoms with Crippen molar-refractivity contribution in [3.63, 3.8) is 0 Å². The first kappa shape index (κ1) is 10.5. The minimum atomic E-state index is -0.242. The number of anilines is 1. The predicted octanol–water partition coefficient (Wildman–Crippen LogP) is 1.01. The normalized spacial score (nSPS) is 10.7. The summed E-state index contributed by atoms with van der Waals surface area (Å²) in [4.78, 5) is 18.7. The molecule has 18 heavy (non-hydrogen) atoms. The molecule has 0 atom stereocenters. The van der Waals surface area contributed by atoms with Crippen LogP contribution < -0.4 is 5.32 Å². The van der Waals surface area contributed by atoms with Gasteiger partial charge in [-0.25, -0.2) is 4.98 Å². The van der Waals surface area contributed by atoms with Crippen molar-refractivity contribution in [1.29, 1.82) is 0 Å².